The lowest BCUT2D eigenvalue weighted by Crippen LogP contribution is -2.34. The lowest BCUT2D eigenvalue weighted by atomic mass is 9.95. The Balaban J connectivity index is 1.87. The van der Waals surface area contributed by atoms with Crippen LogP contribution in [0.4, 0.5) is 4.39 Å². The topological polar surface area (TPSA) is 20.3 Å². The minimum atomic E-state index is -0.238. The molecule has 4 heteroatoms. The SMILES string of the molecule is CC[C@@H](C(=O)N1CCS[C@@H]1c1ccccc1F)c1ccccc1. The van der Waals surface area contributed by atoms with Crippen LogP contribution < -0.4 is 0 Å². The van der Waals surface area contributed by atoms with Crippen LogP contribution in [-0.4, -0.2) is 23.1 Å². The van der Waals surface area contributed by atoms with Crippen molar-refractivity contribution in [3.05, 3.63) is 71.5 Å². The fourth-order valence-corrected chi connectivity index (χ4v) is 4.35. The molecule has 0 aliphatic carbocycles. The molecule has 1 amide bonds. The summed E-state index contributed by atoms with van der Waals surface area (Å²) in [5, 5.41) is -0.221. The summed E-state index contributed by atoms with van der Waals surface area (Å²) in [5.74, 6) is 0.536. The molecule has 1 fully saturated rings. The minimum absolute atomic E-state index is 0.0944. The van der Waals surface area contributed by atoms with Crippen molar-refractivity contribution in [3.8, 4) is 0 Å². The fourth-order valence-electron chi connectivity index (χ4n) is 3.07. The molecule has 0 aromatic heterocycles. The first-order valence-corrected chi connectivity index (χ1v) is 8.98. The van der Waals surface area contributed by atoms with Crippen molar-refractivity contribution >= 4 is 17.7 Å². The van der Waals surface area contributed by atoms with Crippen molar-refractivity contribution in [3.63, 3.8) is 0 Å². The van der Waals surface area contributed by atoms with Crippen LogP contribution in [0.25, 0.3) is 0 Å². The molecule has 1 aliphatic rings. The Morgan fingerprint density at radius 1 is 1.22 bits per heavy atom. The maximum absolute atomic E-state index is 14.1. The lowest BCUT2D eigenvalue weighted by molar-refractivity contribution is -0.133. The largest absolute Gasteiger partial charge is 0.325 e. The number of hydrogen-bond donors (Lipinski definition) is 0. The molecule has 0 radical (unpaired) electrons. The number of benzene rings is 2. The van der Waals surface area contributed by atoms with Gasteiger partial charge in [0.15, 0.2) is 0 Å². The van der Waals surface area contributed by atoms with Gasteiger partial charge in [-0.25, -0.2) is 4.39 Å². The maximum atomic E-state index is 14.1. The molecule has 2 atom stereocenters. The van der Waals surface area contributed by atoms with E-state index in [1.54, 1.807) is 23.9 Å². The predicted molar refractivity (Wildman–Crippen MR) is 92.8 cm³/mol. The van der Waals surface area contributed by atoms with E-state index >= 15 is 0 Å². The molecule has 1 heterocycles. The first-order chi connectivity index (χ1) is 11.2. The van der Waals surface area contributed by atoms with Gasteiger partial charge in [-0.15, -0.1) is 11.8 Å². The van der Waals surface area contributed by atoms with Crippen molar-refractivity contribution in [2.45, 2.75) is 24.6 Å². The molecule has 0 bridgehead atoms. The first-order valence-electron chi connectivity index (χ1n) is 7.93. The van der Waals surface area contributed by atoms with Crippen LogP contribution in [0.2, 0.25) is 0 Å². The Labute approximate surface area is 140 Å². The van der Waals surface area contributed by atoms with E-state index in [0.717, 1.165) is 17.7 Å². The van der Waals surface area contributed by atoms with Gasteiger partial charge in [0.1, 0.15) is 11.2 Å². The van der Waals surface area contributed by atoms with Crippen LogP contribution in [0.1, 0.15) is 35.8 Å². The van der Waals surface area contributed by atoms with Gasteiger partial charge in [0.2, 0.25) is 5.91 Å². The molecule has 0 saturated carbocycles. The van der Waals surface area contributed by atoms with Crippen LogP contribution in [0.5, 0.6) is 0 Å². The quantitative estimate of drug-likeness (QED) is 0.817. The van der Waals surface area contributed by atoms with Gasteiger partial charge in [0.25, 0.3) is 0 Å². The van der Waals surface area contributed by atoms with Crippen LogP contribution in [-0.2, 0) is 4.79 Å². The van der Waals surface area contributed by atoms with Gasteiger partial charge in [-0.2, -0.15) is 0 Å². The molecule has 0 spiro atoms. The number of halogens is 1. The van der Waals surface area contributed by atoms with Gasteiger partial charge in [-0.3, -0.25) is 4.79 Å². The molecule has 3 rings (SSSR count). The molecule has 0 N–H and O–H groups in total. The molecule has 1 saturated heterocycles. The zero-order chi connectivity index (χ0) is 16.2. The van der Waals surface area contributed by atoms with Gasteiger partial charge in [0.05, 0.1) is 5.92 Å². The average Bonchev–Trinajstić information content (AvgIpc) is 3.06. The first kappa shape index (κ1) is 16.1. The summed E-state index contributed by atoms with van der Waals surface area (Å²) in [5.41, 5.74) is 1.63. The number of rotatable bonds is 4. The molecular formula is C19H20FNOS. The summed E-state index contributed by atoms with van der Waals surface area (Å²) in [6.45, 7) is 2.70. The Morgan fingerprint density at radius 2 is 1.91 bits per heavy atom. The summed E-state index contributed by atoms with van der Waals surface area (Å²) in [6, 6.07) is 16.6. The van der Waals surface area contributed by atoms with Crippen molar-refractivity contribution in [1.29, 1.82) is 0 Å². The summed E-state index contributed by atoms with van der Waals surface area (Å²) >= 11 is 1.63. The van der Waals surface area contributed by atoms with Crippen LogP contribution in [0.15, 0.2) is 54.6 Å². The zero-order valence-corrected chi connectivity index (χ0v) is 13.9. The minimum Gasteiger partial charge on any atom is -0.325 e. The smallest absolute Gasteiger partial charge is 0.231 e. The van der Waals surface area contributed by atoms with E-state index in [-0.39, 0.29) is 23.0 Å². The normalized spacial score (nSPS) is 18.9. The molecule has 2 nitrogen and oxygen atoms in total. The van der Waals surface area contributed by atoms with Gasteiger partial charge in [0, 0.05) is 17.9 Å². The monoisotopic (exact) mass is 329 g/mol. The second-order valence-electron chi connectivity index (χ2n) is 5.65. The van der Waals surface area contributed by atoms with Gasteiger partial charge in [-0.1, -0.05) is 55.5 Å². The number of nitrogens with zero attached hydrogens (tertiary/aromatic N) is 1. The zero-order valence-electron chi connectivity index (χ0n) is 13.1. The predicted octanol–water partition coefficient (Wildman–Crippen LogP) is 4.59. The second kappa shape index (κ2) is 7.18. The van der Waals surface area contributed by atoms with Crippen molar-refractivity contribution in [1.82, 2.24) is 4.90 Å². The number of amides is 1. The highest BCUT2D eigenvalue weighted by atomic mass is 32.2. The third-order valence-electron chi connectivity index (χ3n) is 4.25. The fraction of sp³-hybridized carbons (Fsp3) is 0.316. The third kappa shape index (κ3) is 3.27. The van der Waals surface area contributed by atoms with Gasteiger partial charge < -0.3 is 4.90 Å². The van der Waals surface area contributed by atoms with E-state index in [2.05, 4.69) is 0 Å². The average molecular weight is 329 g/mol. The molecule has 1 aliphatic heterocycles. The number of hydrogen-bond acceptors (Lipinski definition) is 2. The Kier molecular flexibility index (Phi) is 5.01. The van der Waals surface area contributed by atoms with Crippen molar-refractivity contribution in [2.75, 3.05) is 12.3 Å². The molecular weight excluding hydrogens is 309 g/mol. The molecule has 2 aromatic rings. The number of carbonyl (C=O) groups is 1. The third-order valence-corrected chi connectivity index (χ3v) is 5.50. The van der Waals surface area contributed by atoms with Crippen molar-refractivity contribution in [2.24, 2.45) is 0 Å². The van der Waals surface area contributed by atoms with Crippen molar-refractivity contribution < 1.29 is 9.18 Å². The van der Waals surface area contributed by atoms with Crippen LogP contribution in [0.3, 0.4) is 0 Å². The molecule has 2 aromatic carbocycles. The van der Waals surface area contributed by atoms with E-state index in [4.69, 9.17) is 0 Å². The van der Waals surface area contributed by atoms with E-state index in [0.29, 0.717) is 12.1 Å². The molecule has 23 heavy (non-hydrogen) atoms. The molecule has 120 valence electrons. The summed E-state index contributed by atoms with van der Waals surface area (Å²) in [4.78, 5) is 14.9. The number of carbonyl (C=O) groups excluding carboxylic acids is 1. The van der Waals surface area contributed by atoms with Crippen LogP contribution in [0, 0.1) is 5.82 Å². The van der Waals surface area contributed by atoms with Gasteiger partial charge >= 0.3 is 0 Å². The Morgan fingerprint density at radius 3 is 2.61 bits per heavy atom. The van der Waals surface area contributed by atoms with Gasteiger partial charge in [-0.05, 0) is 18.1 Å². The summed E-state index contributed by atoms with van der Waals surface area (Å²) < 4.78 is 14.1. The van der Waals surface area contributed by atoms with E-state index in [9.17, 15) is 9.18 Å². The Hall–Kier alpha value is -1.81. The standard InChI is InChI=1S/C19H20FNOS/c1-2-15(14-8-4-3-5-9-14)18(22)21-12-13-23-19(21)16-10-6-7-11-17(16)20/h3-11,15,19H,2,12-13H2,1H3/t15-,19-/m1/s1. The van der Waals surface area contributed by atoms with E-state index < -0.39 is 0 Å². The Bertz CT molecular complexity index is 676. The molecule has 0 unspecified atom stereocenters. The highest BCUT2D eigenvalue weighted by Crippen LogP contribution is 2.41. The van der Waals surface area contributed by atoms with E-state index in [1.165, 1.54) is 6.07 Å². The van der Waals surface area contributed by atoms with E-state index in [1.807, 2.05) is 48.2 Å². The lowest BCUT2D eigenvalue weighted by Gasteiger charge is -2.28. The summed E-state index contributed by atoms with van der Waals surface area (Å²) in [6.07, 6.45) is 0.744. The maximum Gasteiger partial charge on any atom is 0.231 e. The van der Waals surface area contributed by atoms with Crippen LogP contribution >= 0.6 is 11.8 Å². The number of thioether (sulfide) groups is 1. The highest BCUT2D eigenvalue weighted by molar-refractivity contribution is 7.99. The summed E-state index contributed by atoms with van der Waals surface area (Å²) in [7, 11) is 0. The highest BCUT2D eigenvalue weighted by Gasteiger charge is 2.35. The second-order valence-corrected chi connectivity index (χ2v) is 6.84.